The molecule has 0 unspecified atom stereocenters. The zero-order valence-electron chi connectivity index (χ0n) is 19.3. The topological polar surface area (TPSA) is 82.1 Å². The van der Waals surface area contributed by atoms with E-state index in [4.69, 9.17) is 25.8 Å². The lowest BCUT2D eigenvalue weighted by atomic mass is 10.1. The molecule has 0 saturated carbocycles. The lowest BCUT2D eigenvalue weighted by Crippen LogP contribution is -2.32. The lowest BCUT2D eigenvalue weighted by Gasteiger charge is -2.13. The smallest absolute Gasteiger partial charge is 0.343 e. The van der Waals surface area contributed by atoms with E-state index in [9.17, 15) is 14.4 Å². The van der Waals surface area contributed by atoms with Gasteiger partial charge < -0.3 is 14.2 Å². The molecule has 0 aliphatic carbocycles. The van der Waals surface area contributed by atoms with Gasteiger partial charge >= 0.3 is 5.97 Å². The second kappa shape index (κ2) is 11.8. The highest BCUT2D eigenvalue weighted by Crippen LogP contribution is 2.35. The van der Waals surface area contributed by atoms with Crippen LogP contribution in [0, 0.1) is 0 Å². The SMILES string of the molecule is CCOc1cc(/C=C2\SC(=O)N(CCOc3ccccc3)C2=O)ccc1OC(=O)c1ccc(Cl)cc1. The van der Waals surface area contributed by atoms with Crippen molar-refractivity contribution >= 4 is 46.6 Å². The van der Waals surface area contributed by atoms with E-state index >= 15 is 0 Å². The summed E-state index contributed by atoms with van der Waals surface area (Å²) in [5.74, 6) is 0.293. The molecule has 4 rings (SSSR count). The standard InChI is InChI=1S/C27H22ClNO6S/c1-2-33-23-16-18(8-13-22(23)35-26(31)19-9-11-20(28)12-10-19)17-24-25(30)29(27(32)36-24)14-15-34-21-6-4-3-5-7-21/h3-13,16-17H,2,14-15H2,1H3/b24-17-. The molecule has 2 amide bonds. The van der Waals surface area contributed by atoms with Crippen molar-refractivity contribution in [3.8, 4) is 17.2 Å². The van der Waals surface area contributed by atoms with Crippen molar-refractivity contribution < 1.29 is 28.6 Å². The Bertz CT molecular complexity index is 1290. The minimum Gasteiger partial charge on any atom is -0.492 e. The first-order chi connectivity index (χ1) is 17.4. The summed E-state index contributed by atoms with van der Waals surface area (Å²) in [5, 5.41) is 0.153. The number of amides is 2. The number of ether oxygens (including phenoxy) is 3. The quantitative estimate of drug-likeness (QED) is 0.191. The number of hydrogen-bond acceptors (Lipinski definition) is 7. The molecule has 0 radical (unpaired) electrons. The van der Waals surface area contributed by atoms with Gasteiger partial charge in [0.25, 0.3) is 11.1 Å². The number of thioether (sulfide) groups is 1. The van der Waals surface area contributed by atoms with E-state index in [2.05, 4.69) is 0 Å². The van der Waals surface area contributed by atoms with E-state index in [1.807, 2.05) is 18.2 Å². The average molecular weight is 524 g/mol. The highest BCUT2D eigenvalue weighted by Gasteiger charge is 2.34. The van der Waals surface area contributed by atoms with Gasteiger partial charge in [0.05, 0.1) is 23.6 Å². The number of halogens is 1. The molecule has 184 valence electrons. The molecule has 1 fully saturated rings. The van der Waals surface area contributed by atoms with Crippen molar-refractivity contribution in [3.05, 3.63) is 93.9 Å². The van der Waals surface area contributed by atoms with Crippen LogP contribution in [-0.4, -0.2) is 41.8 Å². The fraction of sp³-hybridized carbons (Fsp3) is 0.148. The Kier molecular flexibility index (Phi) is 8.30. The minimum atomic E-state index is -0.556. The summed E-state index contributed by atoms with van der Waals surface area (Å²) in [6, 6.07) is 20.4. The molecule has 36 heavy (non-hydrogen) atoms. The van der Waals surface area contributed by atoms with Gasteiger partial charge in [0.2, 0.25) is 0 Å². The van der Waals surface area contributed by atoms with Crippen LogP contribution < -0.4 is 14.2 Å². The molecule has 1 aliphatic heterocycles. The molecular formula is C27H22ClNO6S. The first-order valence-electron chi connectivity index (χ1n) is 11.1. The molecule has 3 aromatic carbocycles. The predicted octanol–water partition coefficient (Wildman–Crippen LogP) is 6.07. The van der Waals surface area contributed by atoms with Crippen LogP contribution in [0.4, 0.5) is 4.79 Å². The monoisotopic (exact) mass is 523 g/mol. The van der Waals surface area contributed by atoms with Crippen molar-refractivity contribution in [2.45, 2.75) is 6.92 Å². The summed E-state index contributed by atoms with van der Waals surface area (Å²) in [5.41, 5.74) is 0.964. The summed E-state index contributed by atoms with van der Waals surface area (Å²) in [6.07, 6.45) is 1.61. The van der Waals surface area contributed by atoms with Gasteiger partial charge in [0, 0.05) is 5.02 Å². The predicted molar refractivity (Wildman–Crippen MR) is 139 cm³/mol. The highest BCUT2D eigenvalue weighted by atomic mass is 35.5. The van der Waals surface area contributed by atoms with Crippen LogP contribution in [0.25, 0.3) is 6.08 Å². The number of para-hydroxylation sites is 1. The number of esters is 1. The van der Waals surface area contributed by atoms with Gasteiger partial charge in [-0.15, -0.1) is 0 Å². The summed E-state index contributed by atoms with van der Waals surface area (Å²) in [4.78, 5) is 39.2. The van der Waals surface area contributed by atoms with Gasteiger partial charge in [-0.3, -0.25) is 14.5 Å². The van der Waals surface area contributed by atoms with Gasteiger partial charge in [0.15, 0.2) is 11.5 Å². The number of hydrogen-bond donors (Lipinski definition) is 0. The van der Waals surface area contributed by atoms with Crippen LogP contribution >= 0.6 is 23.4 Å². The molecule has 1 heterocycles. The van der Waals surface area contributed by atoms with Gasteiger partial charge in [-0.05, 0) is 78.9 Å². The Labute approximate surface area is 217 Å². The summed E-state index contributed by atoms with van der Waals surface area (Å²) in [6.45, 7) is 2.48. The van der Waals surface area contributed by atoms with Crippen LogP contribution in [-0.2, 0) is 4.79 Å². The van der Waals surface area contributed by atoms with Crippen molar-refractivity contribution in [2.75, 3.05) is 19.8 Å². The molecule has 0 spiro atoms. The van der Waals surface area contributed by atoms with E-state index in [1.54, 1.807) is 67.6 Å². The molecule has 1 aliphatic rings. The van der Waals surface area contributed by atoms with E-state index in [0.29, 0.717) is 34.3 Å². The lowest BCUT2D eigenvalue weighted by molar-refractivity contribution is -0.123. The largest absolute Gasteiger partial charge is 0.492 e. The number of nitrogens with zero attached hydrogens (tertiary/aromatic N) is 1. The first-order valence-corrected chi connectivity index (χ1v) is 12.3. The van der Waals surface area contributed by atoms with Crippen LogP contribution in [0.2, 0.25) is 5.02 Å². The molecule has 9 heteroatoms. The molecular weight excluding hydrogens is 502 g/mol. The van der Waals surface area contributed by atoms with Crippen LogP contribution in [0.15, 0.2) is 77.7 Å². The third kappa shape index (κ3) is 6.27. The second-order valence-corrected chi connectivity index (χ2v) is 8.96. The van der Waals surface area contributed by atoms with Crippen molar-refractivity contribution in [3.63, 3.8) is 0 Å². The Morgan fingerprint density at radius 1 is 0.972 bits per heavy atom. The maximum atomic E-state index is 12.8. The van der Waals surface area contributed by atoms with E-state index < -0.39 is 11.9 Å². The van der Waals surface area contributed by atoms with Gasteiger partial charge in [0.1, 0.15) is 12.4 Å². The van der Waals surface area contributed by atoms with E-state index in [1.165, 1.54) is 0 Å². The third-order valence-electron chi connectivity index (χ3n) is 5.05. The van der Waals surface area contributed by atoms with Gasteiger partial charge in [-0.2, -0.15) is 0 Å². The number of imide groups is 1. The number of carbonyl (C=O) groups excluding carboxylic acids is 3. The molecule has 0 atom stereocenters. The Morgan fingerprint density at radius 2 is 1.72 bits per heavy atom. The highest BCUT2D eigenvalue weighted by molar-refractivity contribution is 8.18. The van der Waals surface area contributed by atoms with Crippen molar-refractivity contribution in [2.24, 2.45) is 0 Å². The van der Waals surface area contributed by atoms with Crippen LogP contribution in [0.3, 0.4) is 0 Å². The zero-order valence-corrected chi connectivity index (χ0v) is 20.9. The molecule has 7 nitrogen and oxygen atoms in total. The van der Waals surface area contributed by atoms with Crippen molar-refractivity contribution in [1.29, 1.82) is 0 Å². The van der Waals surface area contributed by atoms with Crippen LogP contribution in [0.1, 0.15) is 22.8 Å². The maximum absolute atomic E-state index is 12.8. The number of benzene rings is 3. The van der Waals surface area contributed by atoms with Crippen molar-refractivity contribution in [1.82, 2.24) is 4.90 Å². The molecule has 0 bridgehead atoms. The normalized spacial score (nSPS) is 14.3. The molecule has 0 N–H and O–H groups in total. The van der Waals surface area contributed by atoms with Gasteiger partial charge in [-0.1, -0.05) is 35.9 Å². The Balaban J connectivity index is 1.45. The van der Waals surface area contributed by atoms with E-state index in [0.717, 1.165) is 16.7 Å². The summed E-state index contributed by atoms with van der Waals surface area (Å²) < 4.78 is 16.8. The molecule has 0 aromatic heterocycles. The number of rotatable bonds is 9. The number of carbonyl (C=O) groups is 3. The Morgan fingerprint density at radius 3 is 2.44 bits per heavy atom. The van der Waals surface area contributed by atoms with Gasteiger partial charge in [-0.25, -0.2) is 4.79 Å². The van der Waals surface area contributed by atoms with Crippen LogP contribution in [0.5, 0.6) is 17.2 Å². The maximum Gasteiger partial charge on any atom is 0.343 e. The minimum absolute atomic E-state index is 0.140. The summed E-state index contributed by atoms with van der Waals surface area (Å²) in [7, 11) is 0. The second-order valence-electron chi connectivity index (χ2n) is 7.53. The summed E-state index contributed by atoms with van der Waals surface area (Å²) >= 11 is 6.74. The first kappa shape index (κ1) is 25.3. The Hall–Kier alpha value is -3.75. The zero-order chi connectivity index (χ0) is 25.5. The fourth-order valence-corrected chi connectivity index (χ4v) is 4.32. The molecule has 1 saturated heterocycles. The third-order valence-corrected chi connectivity index (χ3v) is 6.21. The average Bonchev–Trinajstić information content (AvgIpc) is 3.14. The van der Waals surface area contributed by atoms with E-state index in [-0.39, 0.29) is 29.0 Å². The fourth-order valence-electron chi connectivity index (χ4n) is 3.33. The molecule has 3 aromatic rings.